The second kappa shape index (κ2) is 7.18. The molecule has 23 heavy (non-hydrogen) atoms. The lowest BCUT2D eigenvalue weighted by atomic mass is 10.1. The summed E-state index contributed by atoms with van der Waals surface area (Å²) in [6, 6.07) is 3.39. The highest BCUT2D eigenvalue weighted by atomic mass is 79.9. The molecular formula is C17H24BrFN2O2. The number of benzene rings is 1. The van der Waals surface area contributed by atoms with Gasteiger partial charge < -0.3 is 9.64 Å². The van der Waals surface area contributed by atoms with Crippen LogP contribution in [-0.2, 0) is 11.3 Å². The second-order valence-corrected chi connectivity index (χ2v) is 7.79. The van der Waals surface area contributed by atoms with Crippen LogP contribution in [0.4, 0.5) is 9.18 Å². The molecule has 1 heterocycles. The summed E-state index contributed by atoms with van der Waals surface area (Å²) in [6.45, 7) is 11.1. The van der Waals surface area contributed by atoms with Crippen molar-refractivity contribution in [2.24, 2.45) is 0 Å². The van der Waals surface area contributed by atoms with Crippen LogP contribution in [0.2, 0.25) is 0 Å². The van der Waals surface area contributed by atoms with E-state index in [2.05, 4.69) is 20.8 Å². The highest BCUT2D eigenvalue weighted by Gasteiger charge is 2.26. The first-order valence-electron chi connectivity index (χ1n) is 7.80. The zero-order valence-electron chi connectivity index (χ0n) is 14.2. The van der Waals surface area contributed by atoms with E-state index < -0.39 is 5.60 Å². The minimum Gasteiger partial charge on any atom is -0.444 e. The molecular weight excluding hydrogens is 363 g/mol. The third-order valence-electron chi connectivity index (χ3n) is 3.80. The second-order valence-electron chi connectivity index (χ2n) is 6.94. The van der Waals surface area contributed by atoms with Gasteiger partial charge in [-0.05, 0) is 66.9 Å². The Morgan fingerprint density at radius 3 is 2.43 bits per heavy atom. The molecule has 1 fully saturated rings. The predicted octanol–water partition coefficient (Wildman–Crippen LogP) is 3.95. The number of halogens is 2. The molecule has 128 valence electrons. The summed E-state index contributed by atoms with van der Waals surface area (Å²) in [7, 11) is 0. The molecule has 0 atom stereocenters. The first kappa shape index (κ1) is 18.2. The maximum Gasteiger partial charge on any atom is 0.410 e. The number of rotatable bonds is 2. The predicted molar refractivity (Wildman–Crippen MR) is 91.9 cm³/mol. The van der Waals surface area contributed by atoms with E-state index in [0.717, 1.165) is 24.2 Å². The van der Waals surface area contributed by atoms with Gasteiger partial charge in [-0.25, -0.2) is 9.18 Å². The van der Waals surface area contributed by atoms with E-state index >= 15 is 0 Å². The standard InChI is InChI=1S/C17H24BrFN2O2/c1-12-9-14(18)15(19)10-13(12)11-20-5-7-21(8-6-20)16(22)23-17(2,3)4/h9-10H,5-8,11H2,1-4H3. The average Bonchev–Trinajstić information content (AvgIpc) is 2.43. The molecule has 0 radical (unpaired) electrons. The molecule has 0 N–H and O–H groups in total. The van der Waals surface area contributed by atoms with Crippen LogP contribution in [0.1, 0.15) is 31.9 Å². The zero-order chi connectivity index (χ0) is 17.2. The van der Waals surface area contributed by atoms with Gasteiger partial charge >= 0.3 is 6.09 Å². The summed E-state index contributed by atoms with van der Waals surface area (Å²) < 4.78 is 19.6. The van der Waals surface area contributed by atoms with E-state index in [4.69, 9.17) is 4.74 Å². The monoisotopic (exact) mass is 386 g/mol. The van der Waals surface area contributed by atoms with Crippen molar-refractivity contribution in [3.05, 3.63) is 33.5 Å². The fourth-order valence-corrected chi connectivity index (χ4v) is 2.97. The Morgan fingerprint density at radius 1 is 1.26 bits per heavy atom. The van der Waals surface area contributed by atoms with Gasteiger partial charge in [0.25, 0.3) is 0 Å². The average molecular weight is 387 g/mol. The smallest absolute Gasteiger partial charge is 0.410 e. The van der Waals surface area contributed by atoms with Crippen molar-refractivity contribution in [1.29, 1.82) is 0 Å². The molecule has 1 saturated heterocycles. The number of ether oxygens (including phenoxy) is 1. The van der Waals surface area contributed by atoms with Crippen LogP contribution in [0, 0.1) is 12.7 Å². The van der Waals surface area contributed by atoms with Crippen LogP contribution in [0.25, 0.3) is 0 Å². The number of carbonyl (C=O) groups excluding carboxylic acids is 1. The summed E-state index contributed by atoms with van der Waals surface area (Å²) >= 11 is 3.21. The van der Waals surface area contributed by atoms with E-state index in [1.54, 1.807) is 11.0 Å². The quantitative estimate of drug-likeness (QED) is 0.771. The van der Waals surface area contributed by atoms with E-state index in [-0.39, 0.29) is 11.9 Å². The van der Waals surface area contributed by atoms with Crippen molar-refractivity contribution in [1.82, 2.24) is 9.80 Å². The van der Waals surface area contributed by atoms with Crippen molar-refractivity contribution in [2.45, 2.75) is 39.8 Å². The molecule has 1 aliphatic rings. The SMILES string of the molecule is Cc1cc(Br)c(F)cc1CN1CCN(C(=O)OC(C)(C)C)CC1. The molecule has 1 aromatic rings. The van der Waals surface area contributed by atoms with E-state index in [1.807, 2.05) is 33.8 Å². The minimum absolute atomic E-state index is 0.238. The number of nitrogens with zero attached hydrogens (tertiary/aromatic N) is 2. The molecule has 4 nitrogen and oxygen atoms in total. The lowest BCUT2D eigenvalue weighted by Crippen LogP contribution is -2.49. The Labute approximate surface area is 145 Å². The lowest BCUT2D eigenvalue weighted by molar-refractivity contribution is 0.0139. The van der Waals surface area contributed by atoms with Gasteiger partial charge in [-0.2, -0.15) is 0 Å². The number of amides is 1. The molecule has 1 aromatic carbocycles. The van der Waals surface area contributed by atoms with Crippen LogP contribution in [0.5, 0.6) is 0 Å². The van der Waals surface area contributed by atoms with Crippen LogP contribution in [0.15, 0.2) is 16.6 Å². The Morgan fingerprint density at radius 2 is 1.87 bits per heavy atom. The Kier molecular flexibility index (Phi) is 5.68. The largest absolute Gasteiger partial charge is 0.444 e. The van der Waals surface area contributed by atoms with Crippen molar-refractivity contribution >= 4 is 22.0 Å². The first-order chi connectivity index (χ1) is 10.7. The van der Waals surface area contributed by atoms with Gasteiger partial charge in [0.05, 0.1) is 4.47 Å². The molecule has 0 bridgehead atoms. The zero-order valence-corrected chi connectivity index (χ0v) is 15.7. The number of aryl methyl sites for hydroxylation is 1. The van der Waals surface area contributed by atoms with E-state index in [1.165, 1.54) is 0 Å². The van der Waals surface area contributed by atoms with Crippen molar-refractivity contribution < 1.29 is 13.9 Å². The van der Waals surface area contributed by atoms with Gasteiger partial charge in [-0.15, -0.1) is 0 Å². The molecule has 6 heteroatoms. The molecule has 0 aliphatic carbocycles. The topological polar surface area (TPSA) is 32.8 Å². The molecule has 0 spiro atoms. The molecule has 1 aliphatic heterocycles. The lowest BCUT2D eigenvalue weighted by Gasteiger charge is -2.35. The van der Waals surface area contributed by atoms with Crippen molar-refractivity contribution in [3.8, 4) is 0 Å². The van der Waals surface area contributed by atoms with Gasteiger partial charge in [-0.1, -0.05) is 0 Å². The van der Waals surface area contributed by atoms with E-state index in [9.17, 15) is 9.18 Å². The fourth-order valence-electron chi connectivity index (χ4n) is 2.51. The third kappa shape index (κ3) is 5.18. The number of piperazine rings is 1. The molecule has 0 unspecified atom stereocenters. The van der Waals surface area contributed by atoms with Crippen LogP contribution < -0.4 is 0 Å². The molecule has 2 rings (SSSR count). The van der Waals surface area contributed by atoms with Crippen LogP contribution in [0.3, 0.4) is 0 Å². The van der Waals surface area contributed by atoms with Crippen LogP contribution in [-0.4, -0.2) is 47.7 Å². The maximum atomic E-state index is 13.7. The van der Waals surface area contributed by atoms with Crippen LogP contribution >= 0.6 is 15.9 Å². The summed E-state index contributed by atoms with van der Waals surface area (Å²) in [4.78, 5) is 16.0. The maximum absolute atomic E-state index is 13.7. The normalized spacial score (nSPS) is 16.5. The van der Waals surface area contributed by atoms with Crippen molar-refractivity contribution in [2.75, 3.05) is 26.2 Å². The number of hydrogen-bond acceptors (Lipinski definition) is 3. The Hall–Kier alpha value is -1.14. The highest BCUT2D eigenvalue weighted by molar-refractivity contribution is 9.10. The Balaban J connectivity index is 1.90. The van der Waals surface area contributed by atoms with Crippen molar-refractivity contribution in [3.63, 3.8) is 0 Å². The van der Waals surface area contributed by atoms with Gasteiger partial charge in [-0.3, -0.25) is 4.90 Å². The Bertz CT molecular complexity index is 579. The van der Waals surface area contributed by atoms with Gasteiger partial charge in [0.1, 0.15) is 11.4 Å². The molecule has 0 aromatic heterocycles. The van der Waals surface area contributed by atoms with E-state index in [0.29, 0.717) is 24.1 Å². The molecule has 0 saturated carbocycles. The summed E-state index contributed by atoms with van der Waals surface area (Å²) in [6.07, 6.45) is -0.261. The summed E-state index contributed by atoms with van der Waals surface area (Å²) in [5.41, 5.74) is 1.57. The van der Waals surface area contributed by atoms with Gasteiger partial charge in [0.2, 0.25) is 0 Å². The number of carbonyl (C=O) groups is 1. The van der Waals surface area contributed by atoms with Gasteiger partial charge in [0, 0.05) is 32.7 Å². The highest BCUT2D eigenvalue weighted by Crippen LogP contribution is 2.22. The number of hydrogen-bond donors (Lipinski definition) is 0. The third-order valence-corrected chi connectivity index (χ3v) is 4.40. The minimum atomic E-state index is -0.472. The first-order valence-corrected chi connectivity index (χ1v) is 8.60. The summed E-state index contributed by atoms with van der Waals surface area (Å²) in [5, 5.41) is 0. The van der Waals surface area contributed by atoms with Gasteiger partial charge in [0.15, 0.2) is 0 Å². The fraction of sp³-hybridized carbons (Fsp3) is 0.588. The summed E-state index contributed by atoms with van der Waals surface area (Å²) in [5.74, 6) is -0.238. The molecule has 1 amide bonds.